The molecule has 0 heterocycles. The van der Waals surface area contributed by atoms with Crippen molar-refractivity contribution in [2.75, 3.05) is 7.11 Å². The molecule has 3 unspecified atom stereocenters. The summed E-state index contributed by atoms with van der Waals surface area (Å²) in [7, 11) is 1.46. The van der Waals surface area contributed by atoms with Crippen molar-refractivity contribution >= 4 is 0 Å². The monoisotopic (exact) mass is 259 g/mol. The fourth-order valence-corrected chi connectivity index (χ4v) is 4.02. The first kappa shape index (κ1) is 12.5. The van der Waals surface area contributed by atoms with E-state index in [9.17, 15) is 9.65 Å². The zero-order valence-corrected chi connectivity index (χ0v) is 11.2. The van der Waals surface area contributed by atoms with E-state index in [0.29, 0.717) is 18.3 Å². The number of methoxy groups -OCH3 is 1. The minimum absolute atomic E-state index is 0.260. The van der Waals surface area contributed by atoms with Gasteiger partial charge in [0.1, 0.15) is 0 Å². The molecule has 19 heavy (non-hydrogen) atoms. The number of fused-ring (bicyclic) bond motifs is 2. The molecule has 0 aromatic heterocycles. The molecule has 0 amide bonds. The van der Waals surface area contributed by atoms with Gasteiger partial charge in [0.25, 0.3) is 0 Å². The van der Waals surface area contributed by atoms with Crippen molar-refractivity contribution in [3.8, 4) is 11.8 Å². The number of halogens is 1. The second-order valence-corrected chi connectivity index (χ2v) is 5.99. The molecule has 0 aliphatic heterocycles. The molecule has 1 aromatic carbocycles. The van der Waals surface area contributed by atoms with Crippen LogP contribution < -0.4 is 4.74 Å². The Hall–Kier alpha value is -1.56. The summed E-state index contributed by atoms with van der Waals surface area (Å²) in [6.07, 6.45) is 5.28. The van der Waals surface area contributed by atoms with Crippen LogP contribution in [0.1, 0.15) is 31.2 Å². The number of benzene rings is 1. The van der Waals surface area contributed by atoms with Gasteiger partial charge in [0.15, 0.2) is 11.6 Å². The van der Waals surface area contributed by atoms with E-state index in [4.69, 9.17) is 4.74 Å². The van der Waals surface area contributed by atoms with Crippen LogP contribution in [0.4, 0.5) is 4.39 Å². The second kappa shape index (κ2) is 4.52. The molecule has 2 aliphatic rings. The van der Waals surface area contributed by atoms with E-state index in [0.717, 1.165) is 18.4 Å². The van der Waals surface area contributed by atoms with Gasteiger partial charge >= 0.3 is 0 Å². The van der Waals surface area contributed by atoms with Crippen LogP contribution in [0.2, 0.25) is 0 Å². The molecule has 0 spiro atoms. The van der Waals surface area contributed by atoms with Gasteiger partial charge in [0.05, 0.1) is 18.6 Å². The smallest absolute Gasteiger partial charge is 0.165 e. The second-order valence-electron chi connectivity index (χ2n) is 5.99. The number of hydrogen-bond acceptors (Lipinski definition) is 2. The van der Waals surface area contributed by atoms with Crippen molar-refractivity contribution in [3.63, 3.8) is 0 Å². The molecule has 2 nitrogen and oxygen atoms in total. The van der Waals surface area contributed by atoms with Crippen LogP contribution >= 0.6 is 0 Å². The van der Waals surface area contributed by atoms with Crippen LogP contribution in [-0.4, -0.2) is 7.11 Å². The summed E-state index contributed by atoms with van der Waals surface area (Å²) in [5.74, 6) is 1.15. The van der Waals surface area contributed by atoms with Gasteiger partial charge in [-0.25, -0.2) is 4.39 Å². The maximum Gasteiger partial charge on any atom is 0.165 e. The van der Waals surface area contributed by atoms with Crippen molar-refractivity contribution in [1.29, 1.82) is 5.26 Å². The van der Waals surface area contributed by atoms with Gasteiger partial charge in [0.2, 0.25) is 0 Å². The molecular formula is C16H18FNO. The summed E-state index contributed by atoms with van der Waals surface area (Å²) < 4.78 is 18.7. The van der Waals surface area contributed by atoms with Gasteiger partial charge in [0, 0.05) is 0 Å². The van der Waals surface area contributed by atoms with Crippen molar-refractivity contribution in [2.24, 2.45) is 17.3 Å². The zero-order valence-electron chi connectivity index (χ0n) is 11.2. The third-order valence-electron chi connectivity index (χ3n) is 4.93. The summed E-state index contributed by atoms with van der Waals surface area (Å²) in [5, 5.41) is 9.60. The quantitative estimate of drug-likeness (QED) is 0.829. The number of rotatable bonds is 3. The van der Waals surface area contributed by atoms with Crippen LogP contribution in [-0.2, 0) is 6.42 Å². The van der Waals surface area contributed by atoms with Gasteiger partial charge in [-0.05, 0) is 55.2 Å². The summed E-state index contributed by atoms with van der Waals surface area (Å²) in [5.41, 5.74) is 0.650. The van der Waals surface area contributed by atoms with E-state index in [1.165, 1.54) is 26.0 Å². The average Bonchev–Trinajstić information content (AvgIpc) is 3.00. The highest BCUT2D eigenvalue weighted by Crippen LogP contribution is 2.57. The highest BCUT2D eigenvalue weighted by atomic mass is 19.1. The Morgan fingerprint density at radius 1 is 1.47 bits per heavy atom. The fraction of sp³-hybridized carbons (Fsp3) is 0.562. The maximum atomic E-state index is 13.7. The number of ether oxygens (including phenoxy) is 1. The van der Waals surface area contributed by atoms with Gasteiger partial charge in [-0.2, -0.15) is 5.26 Å². The molecule has 100 valence electrons. The molecule has 3 rings (SSSR count). The Balaban J connectivity index is 1.84. The topological polar surface area (TPSA) is 33.0 Å². The molecule has 2 fully saturated rings. The third-order valence-corrected chi connectivity index (χ3v) is 4.93. The van der Waals surface area contributed by atoms with Crippen molar-refractivity contribution in [2.45, 2.75) is 32.1 Å². The minimum Gasteiger partial charge on any atom is -0.494 e. The first-order valence-corrected chi connectivity index (χ1v) is 6.90. The molecule has 3 atom stereocenters. The Kier molecular flexibility index (Phi) is 2.97. The van der Waals surface area contributed by atoms with Gasteiger partial charge < -0.3 is 4.74 Å². The molecule has 0 radical (unpaired) electrons. The lowest BCUT2D eigenvalue weighted by molar-refractivity contribution is 0.239. The minimum atomic E-state index is -0.337. The molecule has 2 saturated carbocycles. The molecule has 0 N–H and O–H groups in total. The fourth-order valence-electron chi connectivity index (χ4n) is 4.02. The predicted octanol–water partition coefficient (Wildman–Crippen LogP) is 3.71. The average molecular weight is 259 g/mol. The summed E-state index contributed by atoms with van der Waals surface area (Å²) in [4.78, 5) is 0. The Labute approximate surface area is 113 Å². The molecule has 0 saturated heterocycles. The van der Waals surface area contributed by atoms with Crippen molar-refractivity contribution in [3.05, 3.63) is 29.6 Å². The van der Waals surface area contributed by atoms with E-state index >= 15 is 0 Å². The van der Waals surface area contributed by atoms with Crippen LogP contribution in [0.15, 0.2) is 18.2 Å². The normalized spacial score (nSPS) is 32.3. The number of nitrogens with zero attached hydrogens (tertiary/aromatic N) is 1. The predicted molar refractivity (Wildman–Crippen MR) is 70.2 cm³/mol. The summed E-state index contributed by atoms with van der Waals surface area (Å²) >= 11 is 0. The Bertz CT molecular complexity index is 536. The van der Waals surface area contributed by atoms with E-state index in [1.807, 2.05) is 6.07 Å². The highest BCUT2D eigenvalue weighted by molar-refractivity contribution is 5.31. The molecule has 2 bridgehead atoms. The molecule has 3 heteroatoms. The highest BCUT2D eigenvalue weighted by Gasteiger charge is 2.51. The van der Waals surface area contributed by atoms with Crippen LogP contribution in [0.25, 0.3) is 0 Å². The first-order chi connectivity index (χ1) is 9.16. The lowest BCUT2D eigenvalue weighted by Crippen LogP contribution is -2.28. The lowest BCUT2D eigenvalue weighted by atomic mass is 9.70. The van der Waals surface area contributed by atoms with Gasteiger partial charge in [-0.3, -0.25) is 0 Å². The standard InChI is InChI=1S/C16H18FNO/c1-19-15-5-3-12(7-14(15)17)9-16(10-18)8-11-2-4-13(16)6-11/h3,5,7,11,13H,2,4,6,8-9H2,1H3. The van der Waals surface area contributed by atoms with Gasteiger partial charge in [-0.1, -0.05) is 12.5 Å². The largest absolute Gasteiger partial charge is 0.494 e. The van der Waals surface area contributed by atoms with Crippen LogP contribution in [0.5, 0.6) is 5.75 Å². The van der Waals surface area contributed by atoms with E-state index in [-0.39, 0.29) is 17.0 Å². The van der Waals surface area contributed by atoms with E-state index in [1.54, 1.807) is 6.07 Å². The SMILES string of the molecule is COc1ccc(CC2(C#N)CC3CCC2C3)cc1F. The van der Waals surface area contributed by atoms with E-state index in [2.05, 4.69) is 6.07 Å². The molecular weight excluding hydrogens is 241 g/mol. The number of hydrogen-bond donors (Lipinski definition) is 0. The molecule has 2 aliphatic carbocycles. The van der Waals surface area contributed by atoms with Gasteiger partial charge in [-0.15, -0.1) is 0 Å². The Morgan fingerprint density at radius 3 is 2.84 bits per heavy atom. The third kappa shape index (κ3) is 2.00. The Morgan fingerprint density at radius 2 is 2.32 bits per heavy atom. The first-order valence-electron chi connectivity index (χ1n) is 6.90. The van der Waals surface area contributed by atoms with Crippen LogP contribution in [0, 0.1) is 34.4 Å². The van der Waals surface area contributed by atoms with Crippen LogP contribution in [0.3, 0.4) is 0 Å². The van der Waals surface area contributed by atoms with Crippen molar-refractivity contribution in [1.82, 2.24) is 0 Å². The van der Waals surface area contributed by atoms with E-state index < -0.39 is 0 Å². The zero-order chi connectivity index (χ0) is 13.5. The summed E-state index contributed by atoms with van der Waals surface area (Å²) in [6, 6.07) is 7.61. The summed E-state index contributed by atoms with van der Waals surface area (Å²) in [6.45, 7) is 0. The number of nitriles is 1. The van der Waals surface area contributed by atoms with Crippen molar-refractivity contribution < 1.29 is 9.13 Å². The lowest BCUT2D eigenvalue weighted by Gasteiger charge is -2.31. The molecule has 1 aromatic rings. The maximum absolute atomic E-state index is 13.7.